The van der Waals surface area contributed by atoms with Gasteiger partial charge in [-0.15, -0.1) is 13.2 Å². The van der Waals surface area contributed by atoms with E-state index in [0.717, 1.165) is 12.1 Å². The molecule has 0 N–H and O–H groups in total. The molecular weight excluding hydrogens is 368 g/mol. The van der Waals surface area contributed by atoms with Crippen molar-refractivity contribution in [2.24, 2.45) is 0 Å². The molecule has 0 aliphatic carbocycles. The maximum atomic E-state index is 11.7. The van der Waals surface area contributed by atoms with Crippen LogP contribution in [-0.4, -0.2) is 28.0 Å². The van der Waals surface area contributed by atoms with Crippen LogP contribution in [0.25, 0.3) is 0 Å². The highest BCUT2D eigenvalue weighted by Gasteiger charge is 2.28. The highest BCUT2D eigenvalue weighted by Crippen LogP contribution is 2.36. The van der Waals surface area contributed by atoms with Crippen LogP contribution in [0.4, 0.5) is 13.2 Å². The Labute approximate surface area is 126 Å². The zero-order valence-corrected chi connectivity index (χ0v) is 12.5. The minimum atomic E-state index is -4.77. The summed E-state index contributed by atoms with van der Waals surface area (Å²) in [7, 11) is 1.07. The molecule has 0 aliphatic heterocycles. The van der Waals surface area contributed by atoms with Gasteiger partial charge in [0, 0.05) is 10.7 Å². The van der Waals surface area contributed by atoms with E-state index in [1.165, 1.54) is 0 Å². The van der Waals surface area contributed by atoms with Crippen molar-refractivity contribution in [3.05, 3.63) is 22.2 Å². The van der Waals surface area contributed by atoms with Crippen LogP contribution >= 0.6 is 33.9 Å². The molecular formula is C9H6Cl3F3O4S. The van der Waals surface area contributed by atoms with Gasteiger partial charge in [-0.25, -0.2) is 8.42 Å². The lowest BCUT2D eigenvalue weighted by molar-refractivity contribution is -0.325. The quantitative estimate of drug-likeness (QED) is 0.581. The summed E-state index contributed by atoms with van der Waals surface area (Å²) in [5.74, 6) is -0.164. The molecule has 0 amide bonds. The zero-order valence-electron chi connectivity index (χ0n) is 9.38. The molecule has 0 saturated carbocycles. The van der Waals surface area contributed by atoms with Crippen molar-refractivity contribution in [1.82, 2.24) is 0 Å². The normalized spacial score (nSPS) is 12.5. The Morgan fingerprint density at radius 2 is 1.60 bits per heavy atom. The number of rotatable bonds is 5. The second-order valence-corrected chi connectivity index (χ2v) is 6.68. The van der Waals surface area contributed by atoms with Crippen molar-refractivity contribution in [1.29, 1.82) is 0 Å². The fraction of sp³-hybridized carbons (Fsp3) is 0.333. The molecule has 0 aromatic heterocycles. The second-order valence-electron chi connectivity index (χ2n) is 3.30. The van der Waals surface area contributed by atoms with Gasteiger partial charge in [0.2, 0.25) is 0 Å². The Balaban J connectivity index is 2.78. The SMILES string of the molecule is O=S(=O)(Cl)c1cc(Cl)c(OCCOC(F)(F)F)c(Cl)c1. The minimum Gasteiger partial charge on any atom is -0.488 e. The molecule has 0 aliphatic rings. The molecule has 0 unspecified atom stereocenters. The highest BCUT2D eigenvalue weighted by atomic mass is 35.7. The monoisotopic (exact) mass is 372 g/mol. The topological polar surface area (TPSA) is 52.6 Å². The Morgan fingerprint density at radius 1 is 1.10 bits per heavy atom. The van der Waals surface area contributed by atoms with Crippen LogP contribution in [0.2, 0.25) is 10.0 Å². The fourth-order valence-corrected chi connectivity index (χ4v) is 2.63. The van der Waals surface area contributed by atoms with Crippen LogP contribution in [0.5, 0.6) is 5.75 Å². The Bertz CT molecular complexity index is 566. The average Bonchev–Trinajstić information content (AvgIpc) is 2.23. The van der Waals surface area contributed by atoms with E-state index < -0.39 is 28.6 Å². The molecule has 114 valence electrons. The van der Waals surface area contributed by atoms with E-state index in [0.29, 0.717) is 0 Å². The van der Waals surface area contributed by atoms with Crippen molar-refractivity contribution in [2.75, 3.05) is 13.2 Å². The summed E-state index contributed by atoms with van der Waals surface area (Å²) in [6, 6.07) is 1.94. The van der Waals surface area contributed by atoms with E-state index in [4.69, 9.17) is 38.6 Å². The molecule has 0 spiro atoms. The van der Waals surface area contributed by atoms with E-state index in [2.05, 4.69) is 4.74 Å². The molecule has 0 radical (unpaired) electrons. The lowest BCUT2D eigenvalue weighted by Gasteiger charge is -2.12. The lowest BCUT2D eigenvalue weighted by Crippen LogP contribution is -2.18. The number of hydrogen-bond acceptors (Lipinski definition) is 4. The predicted octanol–water partition coefficient (Wildman–Crippen LogP) is 3.84. The number of ether oxygens (including phenoxy) is 2. The molecule has 1 aromatic rings. The van der Waals surface area contributed by atoms with Gasteiger partial charge in [-0.05, 0) is 12.1 Å². The van der Waals surface area contributed by atoms with E-state index in [1.807, 2.05) is 0 Å². The van der Waals surface area contributed by atoms with Gasteiger partial charge in [-0.3, -0.25) is 4.74 Å². The van der Waals surface area contributed by atoms with Gasteiger partial charge in [-0.2, -0.15) is 0 Å². The highest BCUT2D eigenvalue weighted by molar-refractivity contribution is 8.13. The van der Waals surface area contributed by atoms with E-state index in [9.17, 15) is 21.6 Å². The Morgan fingerprint density at radius 3 is 2.00 bits per heavy atom. The van der Waals surface area contributed by atoms with Gasteiger partial charge in [0.05, 0.1) is 21.5 Å². The summed E-state index contributed by atoms with van der Waals surface area (Å²) in [6.07, 6.45) is -4.77. The first kappa shape index (κ1) is 17.6. The third-order valence-corrected chi connectivity index (χ3v) is 3.74. The Kier molecular flexibility index (Phi) is 5.79. The van der Waals surface area contributed by atoms with Crippen LogP contribution in [-0.2, 0) is 13.8 Å². The molecule has 4 nitrogen and oxygen atoms in total. The number of alkyl halides is 3. The van der Waals surface area contributed by atoms with Crippen molar-refractivity contribution in [3.8, 4) is 5.75 Å². The zero-order chi connectivity index (χ0) is 15.6. The average molecular weight is 374 g/mol. The molecule has 0 fully saturated rings. The van der Waals surface area contributed by atoms with Crippen molar-refractivity contribution < 1.29 is 31.1 Å². The predicted molar refractivity (Wildman–Crippen MR) is 67.0 cm³/mol. The molecule has 11 heteroatoms. The largest absolute Gasteiger partial charge is 0.522 e. The van der Waals surface area contributed by atoms with Crippen LogP contribution in [0, 0.1) is 0 Å². The molecule has 0 saturated heterocycles. The number of halogens is 6. The number of hydrogen-bond donors (Lipinski definition) is 0. The van der Waals surface area contributed by atoms with Crippen LogP contribution in [0.15, 0.2) is 17.0 Å². The summed E-state index contributed by atoms with van der Waals surface area (Å²) in [5.41, 5.74) is 0. The van der Waals surface area contributed by atoms with Gasteiger partial charge < -0.3 is 4.74 Å². The van der Waals surface area contributed by atoms with Gasteiger partial charge >= 0.3 is 6.36 Å². The second kappa shape index (κ2) is 6.57. The van der Waals surface area contributed by atoms with Crippen LogP contribution in [0.1, 0.15) is 0 Å². The molecule has 20 heavy (non-hydrogen) atoms. The summed E-state index contributed by atoms with van der Waals surface area (Å²) >= 11 is 11.4. The molecule has 0 bridgehead atoms. The Hall–Kier alpha value is -0.410. The van der Waals surface area contributed by atoms with Gasteiger partial charge in [0.1, 0.15) is 6.61 Å². The van der Waals surface area contributed by atoms with Crippen molar-refractivity contribution >= 4 is 42.9 Å². The van der Waals surface area contributed by atoms with Crippen molar-refractivity contribution in [2.45, 2.75) is 11.3 Å². The standard InChI is InChI=1S/C9H6Cl3F3O4S/c10-6-3-5(20(12,16)17)4-7(11)8(6)18-1-2-19-9(13,14)15/h3-4H,1-2H2. The van der Waals surface area contributed by atoms with Crippen molar-refractivity contribution in [3.63, 3.8) is 0 Å². The third-order valence-electron chi connectivity index (χ3n) is 1.85. The summed E-state index contributed by atoms with van der Waals surface area (Å²) in [4.78, 5) is -0.354. The van der Waals surface area contributed by atoms with E-state index in [1.54, 1.807) is 0 Å². The van der Waals surface area contributed by atoms with E-state index >= 15 is 0 Å². The number of benzene rings is 1. The summed E-state index contributed by atoms with van der Waals surface area (Å²) in [5, 5.41) is -0.410. The van der Waals surface area contributed by atoms with Gasteiger partial charge in [-0.1, -0.05) is 23.2 Å². The van der Waals surface area contributed by atoms with Crippen LogP contribution in [0.3, 0.4) is 0 Å². The third kappa shape index (κ3) is 5.53. The first-order chi connectivity index (χ1) is 9.00. The summed E-state index contributed by atoms with van der Waals surface area (Å²) in [6.45, 7) is -1.25. The van der Waals surface area contributed by atoms with Gasteiger partial charge in [0.15, 0.2) is 5.75 Å². The minimum absolute atomic E-state index is 0.164. The summed E-state index contributed by atoms with van der Waals surface area (Å²) < 4.78 is 65.7. The maximum Gasteiger partial charge on any atom is 0.522 e. The molecule has 1 rings (SSSR count). The molecule has 0 atom stereocenters. The lowest BCUT2D eigenvalue weighted by atomic mass is 10.3. The van der Waals surface area contributed by atoms with Gasteiger partial charge in [0.25, 0.3) is 9.05 Å². The fourth-order valence-electron chi connectivity index (χ4n) is 1.12. The first-order valence-corrected chi connectivity index (χ1v) is 7.84. The van der Waals surface area contributed by atoms with Crippen LogP contribution < -0.4 is 4.74 Å². The van der Waals surface area contributed by atoms with E-state index in [-0.39, 0.29) is 20.7 Å². The maximum absolute atomic E-state index is 11.7. The smallest absolute Gasteiger partial charge is 0.488 e. The molecule has 1 aromatic carbocycles. The molecule has 0 heterocycles. The first-order valence-electron chi connectivity index (χ1n) is 4.78.